The summed E-state index contributed by atoms with van der Waals surface area (Å²) in [5.41, 5.74) is 0. The van der Waals surface area contributed by atoms with Gasteiger partial charge in [-0.3, -0.25) is 0 Å². The topological polar surface area (TPSA) is 27.7 Å². The van der Waals surface area contributed by atoms with E-state index < -0.39 is 8.80 Å². The van der Waals surface area contributed by atoms with Gasteiger partial charge in [-0.05, 0) is 33.6 Å². The molecule has 0 spiro atoms. The molecule has 3 nitrogen and oxygen atoms in total. The van der Waals surface area contributed by atoms with Crippen molar-refractivity contribution in [3.05, 3.63) is 0 Å². The maximum absolute atomic E-state index is 5.96. The minimum Gasteiger partial charge on any atom is -0.374 e. The third-order valence-electron chi connectivity index (χ3n) is 7.96. The average Bonchev–Trinajstić information content (AvgIpc) is 2.93. The van der Waals surface area contributed by atoms with Crippen molar-refractivity contribution in [2.45, 2.75) is 194 Å². The van der Waals surface area contributed by atoms with Gasteiger partial charge in [0.1, 0.15) is 0 Å². The van der Waals surface area contributed by atoms with Crippen LogP contribution >= 0.6 is 11.6 Å². The first-order valence-electron chi connectivity index (χ1n) is 17.7. The molecule has 0 aliphatic rings. The van der Waals surface area contributed by atoms with Gasteiger partial charge < -0.3 is 13.3 Å². The molecule has 0 heterocycles. The molecule has 0 fully saturated rings. The fourth-order valence-corrected chi connectivity index (χ4v) is 8.55. The van der Waals surface area contributed by atoms with Gasteiger partial charge in [0.25, 0.3) is 0 Å². The zero-order valence-electron chi connectivity index (χ0n) is 27.0. The van der Waals surface area contributed by atoms with E-state index in [-0.39, 0.29) is 0 Å². The van der Waals surface area contributed by atoms with E-state index in [0.29, 0.717) is 19.8 Å². The highest BCUT2D eigenvalue weighted by molar-refractivity contribution is 6.60. The molecule has 0 aromatic heterocycles. The first kappa shape index (κ1) is 39.4. The predicted molar refractivity (Wildman–Crippen MR) is 176 cm³/mol. The highest BCUT2D eigenvalue weighted by Gasteiger charge is 2.39. The van der Waals surface area contributed by atoms with E-state index in [1.54, 1.807) is 0 Å². The van der Waals surface area contributed by atoms with Crippen LogP contribution in [0.1, 0.15) is 188 Å². The highest BCUT2D eigenvalue weighted by Crippen LogP contribution is 2.21. The second-order valence-electron chi connectivity index (χ2n) is 11.6. The van der Waals surface area contributed by atoms with Crippen LogP contribution in [0.4, 0.5) is 0 Å². The second kappa shape index (κ2) is 32.9. The van der Waals surface area contributed by atoms with Gasteiger partial charge >= 0.3 is 8.80 Å². The molecule has 236 valence electrons. The van der Waals surface area contributed by atoms with Gasteiger partial charge in [0.2, 0.25) is 0 Å². The Kier molecular flexibility index (Phi) is 33.2. The molecule has 0 amide bonds. The normalized spacial score (nSPS) is 12.0. The SMILES string of the molecule is CCO[Si](CCCCCCCCCCCCCCCCCCCCCCCCCCCCCl)(OCC)OCC. The molecular formula is C34H71ClO3Si. The Morgan fingerprint density at radius 3 is 0.744 bits per heavy atom. The Hall–Kier alpha value is 0.387. The van der Waals surface area contributed by atoms with Crippen LogP contribution < -0.4 is 0 Å². The van der Waals surface area contributed by atoms with Crippen LogP contribution in [0.2, 0.25) is 6.04 Å². The molecule has 0 saturated heterocycles. The molecule has 0 aromatic rings. The predicted octanol–water partition coefficient (Wildman–Crippen LogP) is 12.4. The Morgan fingerprint density at radius 2 is 0.538 bits per heavy atom. The van der Waals surface area contributed by atoms with E-state index in [4.69, 9.17) is 24.9 Å². The summed E-state index contributed by atoms with van der Waals surface area (Å²) in [6.45, 7) is 8.18. The van der Waals surface area contributed by atoms with E-state index in [9.17, 15) is 0 Å². The van der Waals surface area contributed by atoms with Crippen molar-refractivity contribution in [2.24, 2.45) is 0 Å². The quantitative estimate of drug-likeness (QED) is 0.0423. The van der Waals surface area contributed by atoms with E-state index in [2.05, 4.69) is 0 Å². The number of hydrogen-bond acceptors (Lipinski definition) is 3. The lowest BCUT2D eigenvalue weighted by molar-refractivity contribution is 0.0706. The van der Waals surface area contributed by atoms with Crippen LogP contribution in [0.3, 0.4) is 0 Å². The molecule has 0 N–H and O–H groups in total. The lowest BCUT2D eigenvalue weighted by Gasteiger charge is -2.28. The van der Waals surface area contributed by atoms with Crippen molar-refractivity contribution in [1.29, 1.82) is 0 Å². The summed E-state index contributed by atoms with van der Waals surface area (Å²) in [5, 5.41) is 0. The van der Waals surface area contributed by atoms with Gasteiger partial charge in [0.15, 0.2) is 0 Å². The summed E-state index contributed by atoms with van der Waals surface area (Å²) in [6.07, 6.45) is 36.6. The zero-order chi connectivity index (χ0) is 28.5. The third-order valence-corrected chi connectivity index (χ3v) is 11.4. The standard InChI is InChI=1S/C34H71ClO3Si/c1-4-36-39(37-5-2,38-6-3)34-32-30-28-26-24-22-20-18-16-14-12-10-8-7-9-11-13-15-17-19-21-23-25-27-29-31-33-35/h4-34H2,1-3H3. The molecule has 5 heteroatoms. The molecule has 0 aliphatic heterocycles. The molecule has 0 saturated carbocycles. The molecular weight excluding hydrogens is 520 g/mol. The fourth-order valence-electron chi connectivity index (χ4n) is 5.68. The zero-order valence-corrected chi connectivity index (χ0v) is 28.8. The monoisotopic (exact) mass is 590 g/mol. The van der Waals surface area contributed by atoms with Gasteiger partial charge in [0.05, 0.1) is 0 Å². The summed E-state index contributed by atoms with van der Waals surface area (Å²) >= 11 is 5.73. The fraction of sp³-hybridized carbons (Fsp3) is 1.00. The van der Waals surface area contributed by atoms with Gasteiger partial charge in [-0.15, -0.1) is 11.6 Å². The van der Waals surface area contributed by atoms with E-state index in [0.717, 1.165) is 11.9 Å². The third kappa shape index (κ3) is 28.3. The van der Waals surface area contributed by atoms with Crippen molar-refractivity contribution in [2.75, 3.05) is 25.7 Å². The van der Waals surface area contributed by atoms with E-state index in [1.807, 2.05) is 20.8 Å². The highest BCUT2D eigenvalue weighted by atomic mass is 35.5. The van der Waals surface area contributed by atoms with Crippen LogP contribution in [0.5, 0.6) is 0 Å². The number of alkyl halides is 1. The minimum atomic E-state index is -2.42. The Labute approximate surface area is 252 Å². The van der Waals surface area contributed by atoms with Crippen LogP contribution in [0.15, 0.2) is 0 Å². The first-order chi connectivity index (χ1) is 19.2. The number of hydrogen-bond donors (Lipinski definition) is 0. The van der Waals surface area contributed by atoms with Crippen LogP contribution in [0.25, 0.3) is 0 Å². The second-order valence-corrected chi connectivity index (χ2v) is 14.7. The van der Waals surface area contributed by atoms with Crippen molar-refractivity contribution in [1.82, 2.24) is 0 Å². The van der Waals surface area contributed by atoms with Crippen LogP contribution in [0, 0.1) is 0 Å². The maximum atomic E-state index is 5.96. The largest absolute Gasteiger partial charge is 0.500 e. The molecule has 0 bridgehead atoms. The summed E-state index contributed by atoms with van der Waals surface area (Å²) < 4.78 is 17.9. The summed E-state index contributed by atoms with van der Waals surface area (Å²) in [4.78, 5) is 0. The first-order valence-corrected chi connectivity index (χ1v) is 20.2. The van der Waals surface area contributed by atoms with Gasteiger partial charge in [0, 0.05) is 31.7 Å². The van der Waals surface area contributed by atoms with Crippen LogP contribution in [-0.4, -0.2) is 34.5 Å². The summed E-state index contributed by atoms with van der Waals surface area (Å²) in [6, 6.07) is 0.972. The Balaban J connectivity index is 3.27. The smallest absolute Gasteiger partial charge is 0.374 e. The molecule has 0 radical (unpaired) electrons. The molecule has 0 atom stereocenters. The van der Waals surface area contributed by atoms with Gasteiger partial charge in [-0.1, -0.05) is 154 Å². The van der Waals surface area contributed by atoms with E-state index >= 15 is 0 Å². The minimum absolute atomic E-state index is 0.684. The van der Waals surface area contributed by atoms with Gasteiger partial charge in [-0.2, -0.15) is 0 Å². The molecule has 0 aromatic carbocycles. The van der Waals surface area contributed by atoms with Gasteiger partial charge in [-0.25, -0.2) is 0 Å². The van der Waals surface area contributed by atoms with Crippen molar-refractivity contribution in [3.63, 3.8) is 0 Å². The molecule has 0 unspecified atom stereocenters. The summed E-state index contributed by atoms with van der Waals surface area (Å²) in [7, 11) is -2.42. The number of halogens is 1. The van der Waals surface area contributed by atoms with Crippen molar-refractivity contribution >= 4 is 20.4 Å². The van der Waals surface area contributed by atoms with Crippen molar-refractivity contribution in [3.8, 4) is 0 Å². The maximum Gasteiger partial charge on any atom is 0.500 e. The average molecular weight is 591 g/mol. The number of unbranched alkanes of at least 4 members (excludes halogenated alkanes) is 25. The molecule has 39 heavy (non-hydrogen) atoms. The lowest BCUT2D eigenvalue weighted by atomic mass is 10.0. The molecule has 0 rings (SSSR count). The summed E-state index contributed by atoms with van der Waals surface area (Å²) in [5.74, 6) is 0.840. The lowest BCUT2D eigenvalue weighted by Crippen LogP contribution is -2.45. The molecule has 0 aliphatic carbocycles. The number of rotatable bonds is 34. The van der Waals surface area contributed by atoms with Crippen molar-refractivity contribution < 1.29 is 13.3 Å². The Morgan fingerprint density at radius 1 is 0.333 bits per heavy atom. The van der Waals surface area contributed by atoms with E-state index in [1.165, 1.54) is 167 Å². The van der Waals surface area contributed by atoms with Crippen LogP contribution in [-0.2, 0) is 13.3 Å². The Bertz CT molecular complexity index is 435.